The quantitative estimate of drug-likeness (QED) is 0.813. The molecule has 1 aliphatic heterocycles. The second-order valence-corrected chi connectivity index (χ2v) is 7.93. The summed E-state index contributed by atoms with van der Waals surface area (Å²) in [5.41, 5.74) is 1.78. The molecule has 0 spiro atoms. The van der Waals surface area contributed by atoms with E-state index in [9.17, 15) is 4.79 Å². The predicted octanol–water partition coefficient (Wildman–Crippen LogP) is 4.38. The maximum absolute atomic E-state index is 12.6. The van der Waals surface area contributed by atoms with Crippen LogP contribution in [0.1, 0.15) is 82.8 Å². The summed E-state index contributed by atoms with van der Waals surface area (Å²) in [7, 11) is 0. The predicted molar refractivity (Wildman–Crippen MR) is 89.4 cm³/mol. The molecule has 2 aliphatic rings. The summed E-state index contributed by atoms with van der Waals surface area (Å²) >= 11 is 0. The molecule has 2 heterocycles. The molecule has 3 rings (SSSR count). The first-order valence-electron chi connectivity index (χ1n) is 8.91. The van der Waals surface area contributed by atoms with E-state index in [1.807, 2.05) is 25.7 Å². The van der Waals surface area contributed by atoms with E-state index in [0.29, 0.717) is 6.04 Å². The van der Waals surface area contributed by atoms with Gasteiger partial charge in [0.2, 0.25) is 0 Å². The van der Waals surface area contributed by atoms with Crippen molar-refractivity contribution >= 4 is 6.09 Å². The van der Waals surface area contributed by atoms with Gasteiger partial charge in [0.05, 0.1) is 17.8 Å². The lowest BCUT2D eigenvalue weighted by Crippen LogP contribution is -2.42. The Bertz CT molecular complexity index is 569. The minimum atomic E-state index is -0.458. The molecule has 0 radical (unpaired) electrons. The zero-order valence-electron chi connectivity index (χ0n) is 14.8. The third kappa shape index (κ3) is 3.54. The number of carbonyl (C=O) groups excluding carboxylic acids is 1. The minimum Gasteiger partial charge on any atom is -0.444 e. The molecule has 23 heavy (non-hydrogen) atoms. The summed E-state index contributed by atoms with van der Waals surface area (Å²) in [6.45, 7) is 8.63. The molecule has 1 atom stereocenters. The van der Waals surface area contributed by atoms with Crippen molar-refractivity contribution in [2.24, 2.45) is 0 Å². The largest absolute Gasteiger partial charge is 0.444 e. The highest BCUT2D eigenvalue weighted by Gasteiger charge is 2.33. The molecular formula is C18H29N3O2. The van der Waals surface area contributed by atoms with E-state index >= 15 is 0 Å². The molecule has 1 saturated heterocycles. The standard InChI is InChI=1S/C18H29N3O2/c1-13-12-15(19-21(13)14-8-7-9-14)16-10-5-6-11-20(16)17(22)23-18(2,3)4/h12,14,16H,5-11H2,1-4H3/t16-/m1/s1. The van der Waals surface area contributed by atoms with Crippen LogP contribution in [-0.2, 0) is 4.74 Å². The number of carbonyl (C=O) groups is 1. The molecular weight excluding hydrogens is 290 g/mol. The minimum absolute atomic E-state index is 0.0543. The first kappa shape index (κ1) is 16.3. The smallest absolute Gasteiger partial charge is 0.410 e. The first-order chi connectivity index (χ1) is 10.8. The molecule has 5 heteroatoms. The molecule has 1 aliphatic carbocycles. The Morgan fingerprint density at radius 3 is 2.57 bits per heavy atom. The third-order valence-corrected chi connectivity index (χ3v) is 4.83. The van der Waals surface area contributed by atoms with Gasteiger partial charge in [-0.1, -0.05) is 0 Å². The lowest BCUT2D eigenvalue weighted by molar-refractivity contribution is 0.00888. The average Bonchev–Trinajstić information content (AvgIpc) is 2.77. The van der Waals surface area contributed by atoms with Crippen molar-refractivity contribution in [3.05, 3.63) is 17.5 Å². The fraction of sp³-hybridized carbons (Fsp3) is 0.778. The summed E-state index contributed by atoms with van der Waals surface area (Å²) < 4.78 is 7.77. The Labute approximate surface area is 139 Å². The Hall–Kier alpha value is -1.52. The topological polar surface area (TPSA) is 47.4 Å². The molecule has 1 aromatic rings. The monoisotopic (exact) mass is 319 g/mol. The number of rotatable bonds is 2. The number of nitrogens with zero attached hydrogens (tertiary/aromatic N) is 3. The van der Waals surface area contributed by atoms with Gasteiger partial charge in [-0.3, -0.25) is 9.58 Å². The van der Waals surface area contributed by atoms with Crippen LogP contribution in [0.15, 0.2) is 6.07 Å². The van der Waals surface area contributed by atoms with Crippen molar-refractivity contribution in [2.75, 3.05) is 6.54 Å². The van der Waals surface area contributed by atoms with Crippen LogP contribution in [0.3, 0.4) is 0 Å². The normalized spacial score (nSPS) is 22.8. The van der Waals surface area contributed by atoms with Crippen molar-refractivity contribution in [2.45, 2.75) is 83.9 Å². The van der Waals surface area contributed by atoms with E-state index in [2.05, 4.69) is 17.7 Å². The number of amides is 1. The van der Waals surface area contributed by atoms with Gasteiger partial charge in [-0.15, -0.1) is 0 Å². The lowest BCUT2D eigenvalue weighted by atomic mass is 9.93. The van der Waals surface area contributed by atoms with E-state index in [1.54, 1.807) is 0 Å². The van der Waals surface area contributed by atoms with Crippen molar-refractivity contribution in [1.29, 1.82) is 0 Å². The molecule has 0 unspecified atom stereocenters. The van der Waals surface area contributed by atoms with Gasteiger partial charge in [-0.25, -0.2) is 4.79 Å². The van der Waals surface area contributed by atoms with Crippen LogP contribution in [-0.4, -0.2) is 32.9 Å². The number of ether oxygens (including phenoxy) is 1. The van der Waals surface area contributed by atoms with E-state index in [-0.39, 0.29) is 12.1 Å². The Balaban J connectivity index is 1.79. The molecule has 0 aromatic carbocycles. The van der Waals surface area contributed by atoms with Crippen LogP contribution in [0.25, 0.3) is 0 Å². The number of aromatic nitrogens is 2. The van der Waals surface area contributed by atoms with Crippen molar-refractivity contribution in [1.82, 2.24) is 14.7 Å². The molecule has 1 aromatic heterocycles. The zero-order chi connectivity index (χ0) is 16.6. The van der Waals surface area contributed by atoms with E-state index in [4.69, 9.17) is 9.84 Å². The number of aryl methyl sites for hydroxylation is 1. The van der Waals surface area contributed by atoms with E-state index < -0.39 is 5.60 Å². The maximum Gasteiger partial charge on any atom is 0.410 e. The van der Waals surface area contributed by atoms with Crippen LogP contribution < -0.4 is 0 Å². The van der Waals surface area contributed by atoms with Crippen LogP contribution in [0, 0.1) is 6.92 Å². The molecule has 1 amide bonds. The fourth-order valence-electron chi connectivity index (χ4n) is 3.45. The first-order valence-corrected chi connectivity index (χ1v) is 8.91. The zero-order valence-corrected chi connectivity index (χ0v) is 14.8. The molecule has 128 valence electrons. The summed E-state index contributed by atoms with van der Waals surface area (Å²) in [5, 5.41) is 4.85. The summed E-state index contributed by atoms with van der Waals surface area (Å²) in [6.07, 6.45) is 6.69. The SMILES string of the molecule is Cc1cc([C@H]2CCCCN2C(=O)OC(C)(C)C)nn1C1CCC1. The highest BCUT2D eigenvalue weighted by molar-refractivity contribution is 5.69. The Morgan fingerprint density at radius 1 is 1.22 bits per heavy atom. The Morgan fingerprint density at radius 2 is 1.96 bits per heavy atom. The maximum atomic E-state index is 12.6. The summed E-state index contributed by atoms with van der Waals surface area (Å²) in [4.78, 5) is 14.4. The summed E-state index contributed by atoms with van der Waals surface area (Å²) in [6, 6.07) is 2.77. The molecule has 0 N–H and O–H groups in total. The number of hydrogen-bond donors (Lipinski definition) is 0. The van der Waals surface area contributed by atoms with Gasteiger partial charge < -0.3 is 4.74 Å². The molecule has 5 nitrogen and oxygen atoms in total. The van der Waals surface area contributed by atoms with Crippen LogP contribution in [0.2, 0.25) is 0 Å². The van der Waals surface area contributed by atoms with Crippen LogP contribution >= 0.6 is 0 Å². The van der Waals surface area contributed by atoms with E-state index in [1.165, 1.54) is 25.0 Å². The van der Waals surface area contributed by atoms with Crippen LogP contribution in [0.4, 0.5) is 4.79 Å². The highest BCUT2D eigenvalue weighted by atomic mass is 16.6. The average molecular weight is 319 g/mol. The summed E-state index contributed by atoms with van der Waals surface area (Å²) in [5.74, 6) is 0. The third-order valence-electron chi connectivity index (χ3n) is 4.83. The van der Waals surface area contributed by atoms with E-state index in [0.717, 1.165) is 31.5 Å². The molecule has 2 fully saturated rings. The number of piperidine rings is 1. The number of likely N-dealkylation sites (tertiary alicyclic amines) is 1. The highest BCUT2D eigenvalue weighted by Crippen LogP contribution is 2.36. The van der Waals surface area contributed by atoms with Gasteiger partial charge >= 0.3 is 6.09 Å². The lowest BCUT2D eigenvalue weighted by Gasteiger charge is -2.36. The second kappa shape index (κ2) is 6.17. The molecule has 1 saturated carbocycles. The van der Waals surface area contributed by atoms with Crippen molar-refractivity contribution < 1.29 is 9.53 Å². The molecule has 0 bridgehead atoms. The van der Waals surface area contributed by atoms with Gasteiger partial charge in [0.15, 0.2) is 0 Å². The number of hydrogen-bond acceptors (Lipinski definition) is 3. The second-order valence-electron chi connectivity index (χ2n) is 7.93. The van der Waals surface area contributed by atoms with Gasteiger partial charge in [-0.2, -0.15) is 5.10 Å². The van der Waals surface area contributed by atoms with Crippen molar-refractivity contribution in [3.8, 4) is 0 Å². The fourth-order valence-corrected chi connectivity index (χ4v) is 3.45. The van der Waals surface area contributed by atoms with Gasteiger partial charge in [-0.05, 0) is 72.3 Å². The van der Waals surface area contributed by atoms with Crippen LogP contribution in [0.5, 0.6) is 0 Å². The van der Waals surface area contributed by atoms with Gasteiger partial charge in [0, 0.05) is 12.2 Å². The Kier molecular flexibility index (Phi) is 4.39. The van der Waals surface area contributed by atoms with Crippen molar-refractivity contribution in [3.63, 3.8) is 0 Å². The van der Waals surface area contributed by atoms with Gasteiger partial charge in [0.25, 0.3) is 0 Å². The van der Waals surface area contributed by atoms with Gasteiger partial charge in [0.1, 0.15) is 5.60 Å².